The number of amides is 2. The Bertz CT molecular complexity index is 4170. The Morgan fingerprint density at radius 2 is 1.17 bits per heavy atom. The number of esters is 1. The number of rotatable bonds is 18. The van der Waals surface area contributed by atoms with Gasteiger partial charge in [0.1, 0.15) is 18.6 Å². The molecule has 2 amide bonds. The normalized spacial score (nSPS) is 17.7. The second-order valence-electron chi connectivity index (χ2n) is 23.1. The van der Waals surface area contributed by atoms with Gasteiger partial charge in [-0.05, 0) is 138 Å². The van der Waals surface area contributed by atoms with Crippen LogP contribution in [-0.2, 0) is 64.3 Å². The summed E-state index contributed by atoms with van der Waals surface area (Å²) >= 11 is 0. The number of nitrogens with two attached hydrogens (primary N) is 1. The first-order valence-corrected chi connectivity index (χ1v) is 30.0. The summed E-state index contributed by atoms with van der Waals surface area (Å²) in [7, 11) is 0. The maximum Gasteiger partial charge on any atom is 0.378 e. The second-order valence-corrected chi connectivity index (χ2v) is 23.1. The molecule has 17 nitrogen and oxygen atoms in total. The Hall–Kier alpha value is -11.0. The Morgan fingerprint density at radius 1 is 0.633 bits per heavy atom. The molecule has 12 rings (SSSR count). The topological polar surface area (TPSA) is 259 Å². The van der Waals surface area contributed by atoms with E-state index in [0.717, 1.165) is 61.5 Å². The van der Waals surface area contributed by atoms with Gasteiger partial charge < -0.3 is 30.7 Å². The first kappa shape index (κ1) is 60.6. The second kappa shape index (κ2) is 26.9. The lowest BCUT2D eigenvalue weighted by atomic mass is 9.73. The molecule has 0 spiro atoms. The van der Waals surface area contributed by atoms with Crippen LogP contribution in [0.5, 0.6) is 0 Å². The van der Waals surface area contributed by atoms with E-state index in [0.29, 0.717) is 60.3 Å². The van der Waals surface area contributed by atoms with Gasteiger partial charge in [-0.2, -0.15) is 15.8 Å². The van der Waals surface area contributed by atoms with Crippen molar-refractivity contribution in [1.82, 2.24) is 34.8 Å². The molecule has 0 bridgehead atoms. The third kappa shape index (κ3) is 12.3. The first-order chi connectivity index (χ1) is 43.9. The number of quaternary nitrogens is 1. The van der Waals surface area contributed by atoms with Crippen molar-refractivity contribution in [2.45, 2.75) is 95.7 Å². The number of nitriles is 3. The van der Waals surface area contributed by atoms with Crippen molar-refractivity contribution in [2.75, 3.05) is 11.9 Å². The highest BCUT2D eigenvalue weighted by atomic mass is 16.5. The minimum absolute atomic E-state index is 0.0115. The highest BCUT2D eigenvalue weighted by Crippen LogP contribution is 2.55. The molecule has 17 heteroatoms. The Kier molecular flexibility index (Phi) is 18.1. The van der Waals surface area contributed by atoms with Gasteiger partial charge in [-0.15, -0.1) is 0 Å². The van der Waals surface area contributed by atoms with Crippen LogP contribution in [0.3, 0.4) is 0 Å². The van der Waals surface area contributed by atoms with Crippen LogP contribution in [0.15, 0.2) is 201 Å². The predicted molar refractivity (Wildman–Crippen MR) is 341 cm³/mol. The Labute approximate surface area is 523 Å². The number of benzene rings is 7. The molecule has 2 aliphatic rings. The van der Waals surface area contributed by atoms with Crippen LogP contribution in [0.4, 0.5) is 5.69 Å². The van der Waals surface area contributed by atoms with E-state index in [1.54, 1.807) is 62.6 Å². The van der Waals surface area contributed by atoms with Crippen LogP contribution in [0.25, 0.3) is 11.1 Å². The first-order valence-electron chi connectivity index (χ1n) is 30.0. The van der Waals surface area contributed by atoms with Crippen LogP contribution in [0, 0.1) is 47.8 Å². The largest absolute Gasteiger partial charge is 0.461 e. The standard InChI is InChI=1S/C43H38N8O3.C30H29N5O/c1-2-54-42(53)43(41(46)52)21-35-17-16-34(33-6-4-3-5-7-33)20-36(35)26-51(43,39(37-24-47-27-49-37)18-29-8-12-31(22-44)13-9-29)40(38-25-48-28-50-38)19-30-10-14-32(23-45)15-11-30;1-20-6-5-9-26(21(20)2)34-30(36)29-15-24-7-3-4-8-25(24)18-35(29)28(27-17-32-19-33-27)14-22-10-12-23(16-31)13-11-22/h3-17,20,24-25,27-28,39-40H,2,18-19,21,26H2,1H3,(H3-,46,47,48,49,50,52);3-13,17,19,28-29H,14-15,18H2,1-2H3,(H,32,33)(H,34,36)/p+1/t;28?,29-/m.0/s1. The SMILES string of the molecule is CCOC(=O)C1(C(N)=O)Cc2ccc(-c3ccccc3)cc2C[N+]1(C(Cc1ccc(C#N)cc1)c1cnc[nH]1)C(Cc1ccc(C#N)cc1)c1cnc[nH]1.Cc1cccc(NC(=O)[C@@H]2Cc3ccccc3CN2C(Cc2ccc(C#N)cc2)c2cnc[nH]2)c1C. The van der Waals surface area contributed by atoms with Crippen LogP contribution < -0.4 is 11.1 Å². The molecule has 5 heterocycles. The molecular weight excluding hydrogens is 1120 g/mol. The van der Waals surface area contributed by atoms with Crippen molar-refractivity contribution >= 4 is 23.5 Å². The van der Waals surface area contributed by atoms with E-state index in [9.17, 15) is 25.4 Å². The predicted octanol–water partition coefficient (Wildman–Crippen LogP) is 11.4. The van der Waals surface area contributed by atoms with E-state index >= 15 is 4.79 Å². The number of hydrogen-bond donors (Lipinski definition) is 5. The van der Waals surface area contributed by atoms with Crippen LogP contribution in [-0.4, -0.2) is 75.3 Å². The van der Waals surface area contributed by atoms with Gasteiger partial charge in [-0.1, -0.05) is 115 Å². The molecule has 5 atom stereocenters. The third-order valence-corrected chi connectivity index (χ3v) is 18.1. The van der Waals surface area contributed by atoms with Gasteiger partial charge in [-0.25, -0.2) is 19.7 Å². The number of hydrogen-bond acceptors (Lipinski definition) is 11. The minimum atomic E-state index is -1.96. The number of nitrogens with zero attached hydrogens (tertiary/aromatic N) is 8. The van der Waals surface area contributed by atoms with E-state index < -0.39 is 29.5 Å². The monoisotopic (exact) mass is 1190 g/mol. The quantitative estimate of drug-likeness (QED) is 0.0306. The number of aromatic amines is 3. The van der Waals surface area contributed by atoms with Crippen molar-refractivity contribution in [3.63, 3.8) is 0 Å². The number of aryl methyl sites for hydroxylation is 1. The lowest BCUT2D eigenvalue weighted by molar-refractivity contribution is -1.03. The number of ether oxygens (including phenoxy) is 1. The van der Waals surface area contributed by atoms with Crippen LogP contribution in [0.2, 0.25) is 0 Å². The molecule has 90 heavy (non-hydrogen) atoms. The highest BCUT2D eigenvalue weighted by molar-refractivity contribution is 6.06. The average Bonchev–Trinajstić information content (AvgIpc) is 0.841. The zero-order valence-corrected chi connectivity index (χ0v) is 50.3. The fourth-order valence-corrected chi connectivity index (χ4v) is 13.3. The fourth-order valence-electron chi connectivity index (χ4n) is 13.3. The number of nitrogens with one attached hydrogen (secondary N) is 4. The van der Waals surface area contributed by atoms with Gasteiger partial charge in [-0.3, -0.25) is 19.0 Å². The summed E-state index contributed by atoms with van der Waals surface area (Å²) in [5.41, 5.74) is 20.8. The molecule has 4 unspecified atom stereocenters. The summed E-state index contributed by atoms with van der Waals surface area (Å²) in [5, 5.41) is 31.6. The number of primary amides is 1. The van der Waals surface area contributed by atoms with Gasteiger partial charge in [0.25, 0.3) is 11.4 Å². The molecule has 3 aromatic heterocycles. The van der Waals surface area contributed by atoms with Crippen LogP contribution >= 0.6 is 0 Å². The number of fused-ring (bicyclic) bond motifs is 2. The van der Waals surface area contributed by atoms with Crippen molar-refractivity contribution in [2.24, 2.45) is 5.73 Å². The molecular formula is C73H68N13O4+. The summed E-state index contributed by atoms with van der Waals surface area (Å²) in [6.07, 6.45) is 12.1. The van der Waals surface area contributed by atoms with E-state index in [1.165, 1.54) is 11.1 Å². The smallest absolute Gasteiger partial charge is 0.378 e. The summed E-state index contributed by atoms with van der Waals surface area (Å²) in [4.78, 5) is 69.0. The van der Waals surface area contributed by atoms with Gasteiger partial charge in [0.2, 0.25) is 5.91 Å². The molecule has 448 valence electrons. The molecule has 2 aliphatic heterocycles. The van der Waals surface area contributed by atoms with E-state index in [4.69, 9.17) is 10.5 Å². The molecule has 0 radical (unpaired) electrons. The molecule has 0 fully saturated rings. The molecule has 7 aromatic carbocycles. The average molecular weight is 1190 g/mol. The third-order valence-electron chi connectivity index (χ3n) is 18.1. The maximum absolute atomic E-state index is 15.0. The molecule has 0 saturated carbocycles. The summed E-state index contributed by atoms with van der Waals surface area (Å²) in [6.45, 7) is 6.69. The molecule has 10 aromatic rings. The number of H-pyrrole nitrogens is 3. The Balaban J connectivity index is 0.000000201. The van der Waals surface area contributed by atoms with Crippen molar-refractivity contribution < 1.29 is 23.6 Å². The van der Waals surface area contributed by atoms with Gasteiger partial charge >= 0.3 is 5.97 Å². The number of carbonyl (C=O) groups is 3. The van der Waals surface area contributed by atoms with E-state index in [2.05, 4.69) is 108 Å². The molecule has 6 N–H and O–H groups in total. The molecule has 0 aliphatic carbocycles. The van der Waals surface area contributed by atoms with Crippen LogP contribution in [0.1, 0.15) is 109 Å². The maximum atomic E-state index is 15.0. The Morgan fingerprint density at radius 3 is 1.69 bits per heavy atom. The van der Waals surface area contributed by atoms with Gasteiger partial charge in [0.15, 0.2) is 0 Å². The zero-order chi connectivity index (χ0) is 62.8. The number of carbonyl (C=O) groups excluding carboxylic acids is 3. The zero-order valence-electron chi connectivity index (χ0n) is 50.3. The number of aromatic nitrogens is 6. The van der Waals surface area contributed by atoms with Crippen molar-refractivity contribution in [3.8, 4) is 29.3 Å². The van der Waals surface area contributed by atoms with Crippen molar-refractivity contribution in [1.29, 1.82) is 15.8 Å². The number of anilines is 1. The van der Waals surface area contributed by atoms with E-state index in [1.807, 2.05) is 110 Å². The summed E-state index contributed by atoms with van der Waals surface area (Å²) in [5.74, 6) is -1.54. The minimum Gasteiger partial charge on any atom is -0.461 e. The highest BCUT2D eigenvalue weighted by Gasteiger charge is 2.71. The number of imidazole rings is 3. The van der Waals surface area contributed by atoms with Crippen molar-refractivity contribution in [3.05, 3.63) is 285 Å². The summed E-state index contributed by atoms with van der Waals surface area (Å²) in [6, 6.07) is 57.7. The lowest BCUT2D eigenvalue weighted by Crippen LogP contribution is -2.77. The fraction of sp³-hybridized carbons (Fsp3) is 0.219. The lowest BCUT2D eigenvalue weighted by Gasteiger charge is -2.59. The van der Waals surface area contributed by atoms with Gasteiger partial charge in [0.05, 0.1) is 102 Å². The molecule has 0 saturated heterocycles. The van der Waals surface area contributed by atoms with Gasteiger partial charge in [0, 0.05) is 43.3 Å². The summed E-state index contributed by atoms with van der Waals surface area (Å²) < 4.78 is 5.71. The van der Waals surface area contributed by atoms with E-state index in [-0.39, 0.29) is 42.0 Å².